The van der Waals surface area contributed by atoms with Crippen LogP contribution in [-0.2, 0) is 142 Å². The Hall–Kier alpha value is 4.39. The summed E-state index contributed by atoms with van der Waals surface area (Å²) < 4.78 is 0. The summed E-state index contributed by atoms with van der Waals surface area (Å²) in [6.07, 6.45) is 0. The molecule has 0 rings (SSSR count). The van der Waals surface area contributed by atoms with Gasteiger partial charge in [0.1, 0.15) is 0 Å². The normalized spacial score (nSPS) is 0. The molecule has 0 aromatic carbocycles. The SMILES string of the molecule is [Co].[Cr].[Cu].[Fe].[Mn].[Ni].[Ti].[V]. The maximum absolute atomic E-state index is 0. The van der Waals surface area contributed by atoms with Crippen LogP contribution in [0.2, 0.25) is 0 Å². The van der Waals surface area contributed by atoms with Gasteiger partial charge in [0.25, 0.3) is 0 Å². The second-order valence-corrected chi connectivity index (χ2v) is 0. The van der Waals surface area contributed by atoms with E-state index in [0.717, 1.165) is 0 Å². The number of hydrogen-bond donors (Lipinski definition) is 0. The summed E-state index contributed by atoms with van der Waals surface area (Å²) >= 11 is 0. The molecule has 4 radical (unpaired) electrons. The molecule has 8 heteroatoms. The van der Waals surface area contributed by atoms with Crippen molar-refractivity contribution in [2.75, 3.05) is 0 Å². The van der Waals surface area contributed by atoms with Gasteiger partial charge < -0.3 is 0 Å². The van der Waals surface area contributed by atoms with Crippen LogP contribution >= 0.6 is 0 Å². The number of rotatable bonds is 0. The molecule has 8 heavy (non-hydrogen) atoms. The molecule has 0 aliphatic rings. The molecule has 0 amide bonds. The van der Waals surface area contributed by atoms with Crippen molar-refractivity contribution in [3.63, 3.8) is 0 Å². The smallest absolute Gasteiger partial charge is 0 e. The molecule has 0 aliphatic heterocycles. The monoisotopic (exact) mass is 442 g/mol. The van der Waals surface area contributed by atoms with Gasteiger partial charge in [-0.15, -0.1) is 0 Å². The molecule has 0 aromatic heterocycles. The van der Waals surface area contributed by atoms with Gasteiger partial charge >= 0.3 is 0 Å². The molecule has 0 aliphatic carbocycles. The molecule has 0 heterocycles. The maximum atomic E-state index is 0. The summed E-state index contributed by atoms with van der Waals surface area (Å²) in [5.74, 6) is 0. The maximum Gasteiger partial charge on any atom is 0 e. The average molecular weight is 443 g/mol. The zero-order valence-corrected chi connectivity index (χ0v) is 12.5. The summed E-state index contributed by atoms with van der Waals surface area (Å²) in [7, 11) is 0. The van der Waals surface area contributed by atoms with Crippen LogP contribution in [0.1, 0.15) is 0 Å². The molecule has 0 saturated heterocycles. The van der Waals surface area contributed by atoms with E-state index in [1.165, 1.54) is 0 Å². The minimum atomic E-state index is 0. The van der Waals surface area contributed by atoms with Crippen molar-refractivity contribution in [2.45, 2.75) is 0 Å². The molecule has 0 saturated carbocycles. The van der Waals surface area contributed by atoms with Crippen molar-refractivity contribution in [3.05, 3.63) is 0 Å². The molecular formula is CoCrCuFeMnNiTiV. The summed E-state index contributed by atoms with van der Waals surface area (Å²) in [5.41, 5.74) is 0. The molecule has 0 fully saturated rings. The van der Waals surface area contributed by atoms with Crippen LogP contribution in [-0.4, -0.2) is 0 Å². The molecule has 0 nitrogen and oxygen atoms in total. The molecule has 0 N–H and O–H groups in total. The van der Waals surface area contributed by atoms with E-state index in [1.54, 1.807) is 0 Å². The Morgan fingerprint density at radius 3 is 1.00 bits per heavy atom. The molecular weight excluding hydrogens is 443 g/mol. The fraction of sp³-hybridized carbons (Fsp3) is 0. The van der Waals surface area contributed by atoms with Gasteiger partial charge in [0.05, 0.1) is 0 Å². The summed E-state index contributed by atoms with van der Waals surface area (Å²) in [6.45, 7) is 0. The molecule has 0 atom stereocenters. The predicted molar refractivity (Wildman–Crippen MR) is 0 cm³/mol. The molecule has 0 bridgehead atoms. The second kappa shape index (κ2) is 63.8. The topological polar surface area (TPSA) is 0 Å². The van der Waals surface area contributed by atoms with Crippen LogP contribution in [0.5, 0.6) is 0 Å². The van der Waals surface area contributed by atoms with E-state index in [4.69, 9.17) is 0 Å². The van der Waals surface area contributed by atoms with E-state index in [2.05, 4.69) is 0 Å². The van der Waals surface area contributed by atoms with Gasteiger partial charge in [-0.3, -0.25) is 0 Å². The Bertz CT molecular complexity index is 24.0. The van der Waals surface area contributed by atoms with Crippen molar-refractivity contribution in [1.29, 1.82) is 0 Å². The Kier molecular flexibility index (Phi) is 665. The Balaban J connectivity index is 0. The minimum Gasteiger partial charge on any atom is 0 e. The van der Waals surface area contributed by atoms with Crippen LogP contribution in [0, 0.1) is 0 Å². The van der Waals surface area contributed by atoms with E-state index in [1.807, 2.05) is 0 Å². The van der Waals surface area contributed by atoms with Gasteiger partial charge in [-0.05, 0) is 0 Å². The van der Waals surface area contributed by atoms with Crippen molar-refractivity contribution in [2.24, 2.45) is 0 Å². The molecule has 0 aromatic rings. The zero-order valence-electron chi connectivity index (χ0n) is 3.04. The fourth-order valence-corrected chi connectivity index (χ4v) is 0. The largest absolute Gasteiger partial charge is 0 e. The van der Waals surface area contributed by atoms with Gasteiger partial charge in [0.2, 0.25) is 0 Å². The first kappa shape index (κ1) is 83.4. The first-order valence-corrected chi connectivity index (χ1v) is 0. The quantitative estimate of drug-likeness (QED) is 0.463. The van der Waals surface area contributed by atoms with E-state index in [0.29, 0.717) is 0 Å². The van der Waals surface area contributed by atoms with Crippen molar-refractivity contribution in [3.8, 4) is 0 Å². The summed E-state index contributed by atoms with van der Waals surface area (Å²) in [4.78, 5) is 0. The van der Waals surface area contributed by atoms with Crippen molar-refractivity contribution >= 4 is 0 Å². The Labute approximate surface area is 139 Å². The minimum absolute atomic E-state index is 0. The van der Waals surface area contributed by atoms with Gasteiger partial charge in [0.15, 0.2) is 0 Å². The molecule has 0 unspecified atom stereocenters. The average Bonchev–Trinajstić information content (AvgIpc) is 0. The van der Waals surface area contributed by atoms with Crippen LogP contribution in [0.3, 0.4) is 0 Å². The van der Waals surface area contributed by atoms with Gasteiger partial charge in [-0.2, -0.15) is 0 Å². The molecule has 0 spiro atoms. The van der Waals surface area contributed by atoms with E-state index >= 15 is 0 Å². The zero-order chi connectivity index (χ0) is 0. The van der Waals surface area contributed by atoms with E-state index in [-0.39, 0.29) is 142 Å². The third-order valence-corrected chi connectivity index (χ3v) is 0. The van der Waals surface area contributed by atoms with Gasteiger partial charge in [-0.25, -0.2) is 0 Å². The first-order chi connectivity index (χ1) is 0. The first-order valence-electron chi connectivity index (χ1n) is 0. The number of hydrogen-bond acceptors (Lipinski definition) is 0. The summed E-state index contributed by atoms with van der Waals surface area (Å²) in [5, 5.41) is 0. The fourth-order valence-electron chi connectivity index (χ4n) is 0. The van der Waals surface area contributed by atoms with Gasteiger partial charge in [0, 0.05) is 142 Å². The third-order valence-electron chi connectivity index (χ3n) is 0. The van der Waals surface area contributed by atoms with Crippen LogP contribution in [0.15, 0.2) is 0 Å². The van der Waals surface area contributed by atoms with Crippen molar-refractivity contribution < 1.29 is 142 Å². The predicted octanol–water partition coefficient (Wildman–Crippen LogP) is -0.0200. The van der Waals surface area contributed by atoms with Crippen LogP contribution in [0.4, 0.5) is 0 Å². The van der Waals surface area contributed by atoms with Crippen LogP contribution < -0.4 is 0 Å². The van der Waals surface area contributed by atoms with Crippen molar-refractivity contribution in [1.82, 2.24) is 0 Å². The Morgan fingerprint density at radius 1 is 1.00 bits per heavy atom. The second-order valence-electron chi connectivity index (χ2n) is 0. The van der Waals surface area contributed by atoms with E-state index < -0.39 is 0 Å². The third kappa shape index (κ3) is 47.5. The Morgan fingerprint density at radius 2 is 1.00 bits per heavy atom. The van der Waals surface area contributed by atoms with Gasteiger partial charge in [-0.1, -0.05) is 0 Å². The standard InChI is InChI=1S/Co.Cr.Cu.Fe.Mn.Ni.Ti.V. The molecule has 60 valence electrons. The summed E-state index contributed by atoms with van der Waals surface area (Å²) in [6, 6.07) is 0. The van der Waals surface area contributed by atoms with Crippen LogP contribution in [0.25, 0.3) is 0 Å². The van der Waals surface area contributed by atoms with E-state index in [9.17, 15) is 0 Å².